The van der Waals surface area contributed by atoms with Crippen molar-refractivity contribution in [3.8, 4) is 5.75 Å². The highest BCUT2D eigenvalue weighted by Crippen LogP contribution is 2.31. The molecule has 9 nitrogen and oxygen atoms in total. The van der Waals surface area contributed by atoms with Gasteiger partial charge >= 0.3 is 0 Å². The number of hydrogen-bond acceptors (Lipinski definition) is 8. The Morgan fingerprint density at radius 3 is 1.72 bits per heavy atom. The van der Waals surface area contributed by atoms with E-state index in [-0.39, 0.29) is 50.2 Å². The lowest BCUT2D eigenvalue weighted by atomic mass is 9.97. The van der Waals surface area contributed by atoms with Gasteiger partial charge in [0.2, 0.25) is 0 Å². The maximum absolute atomic E-state index is 13.2. The molecule has 0 radical (unpaired) electrons. The molecule has 0 saturated carbocycles. The number of benzene rings is 4. The minimum absolute atomic E-state index is 0.0670. The molecule has 182 valence electrons. The van der Waals surface area contributed by atoms with E-state index in [0.29, 0.717) is 26.2 Å². The van der Waals surface area contributed by atoms with E-state index in [1.54, 1.807) is 12.1 Å². The van der Waals surface area contributed by atoms with E-state index in [4.69, 9.17) is 20.9 Å². The summed E-state index contributed by atoms with van der Waals surface area (Å²) in [5, 5.41) is -0.145. The minimum atomic E-state index is -0.645. The first-order valence-electron chi connectivity index (χ1n) is 11.5. The summed E-state index contributed by atoms with van der Waals surface area (Å²) in [6.07, 6.45) is 0.375. The molecule has 0 spiro atoms. The molecular formula is C27H23N3O6. The topological polar surface area (TPSA) is 144 Å². The average Bonchev–Trinajstić information content (AvgIpc) is 3.14. The zero-order chi connectivity index (χ0) is 25.4. The molecule has 36 heavy (non-hydrogen) atoms. The Morgan fingerprint density at radius 2 is 1.17 bits per heavy atom. The normalized spacial score (nSPS) is 11.6. The van der Waals surface area contributed by atoms with Crippen molar-refractivity contribution in [2.24, 2.45) is 0 Å². The standard InChI is InChI=1S/C27H23N3O6/c28-22-18-19(25(32)17-10-5-4-9-16(17)24(18)31)23(29)21-20(22)26(33)30(27(21)34)11-6-12-35-13-14-36-15-7-2-1-3-8-15/h1-5,7-10H,6,11-14,28-29H2. The van der Waals surface area contributed by atoms with E-state index in [2.05, 4.69) is 0 Å². The second kappa shape index (κ2) is 9.27. The molecule has 0 amide bonds. The van der Waals surface area contributed by atoms with Crippen LogP contribution in [0, 0.1) is 0 Å². The predicted molar refractivity (Wildman–Crippen MR) is 141 cm³/mol. The Labute approximate surface area is 203 Å². The Hall–Kier alpha value is -4.50. The van der Waals surface area contributed by atoms with Crippen molar-refractivity contribution in [2.45, 2.75) is 13.0 Å². The van der Waals surface area contributed by atoms with Crippen molar-refractivity contribution < 1.29 is 9.47 Å². The number of nitrogens with zero attached hydrogens (tertiary/aromatic N) is 1. The molecule has 0 saturated heterocycles. The van der Waals surface area contributed by atoms with Gasteiger partial charge in [0.05, 0.1) is 39.5 Å². The molecule has 4 aromatic carbocycles. The van der Waals surface area contributed by atoms with E-state index in [0.717, 1.165) is 10.3 Å². The number of anilines is 2. The van der Waals surface area contributed by atoms with Crippen LogP contribution in [0.15, 0.2) is 73.8 Å². The second-order valence-electron chi connectivity index (χ2n) is 8.42. The molecule has 0 atom stereocenters. The van der Waals surface area contributed by atoms with Gasteiger partial charge in [0, 0.05) is 23.9 Å². The third-order valence-electron chi connectivity index (χ3n) is 6.28. The molecule has 0 aliphatic rings. The van der Waals surface area contributed by atoms with Gasteiger partial charge in [-0.2, -0.15) is 0 Å². The molecule has 0 aliphatic carbocycles. The average molecular weight is 485 g/mol. The lowest BCUT2D eigenvalue weighted by Gasteiger charge is -2.07. The summed E-state index contributed by atoms with van der Waals surface area (Å²) in [5.74, 6) is 0.741. The molecule has 9 heteroatoms. The Morgan fingerprint density at radius 1 is 0.639 bits per heavy atom. The van der Waals surface area contributed by atoms with Gasteiger partial charge in [0.15, 0.2) is 10.9 Å². The lowest BCUT2D eigenvalue weighted by molar-refractivity contribution is 0.0961. The summed E-state index contributed by atoms with van der Waals surface area (Å²) in [5.41, 5.74) is 9.79. The van der Waals surface area contributed by atoms with Crippen LogP contribution in [0.5, 0.6) is 5.75 Å². The summed E-state index contributed by atoms with van der Waals surface area (Å²) >= 11 is 0. The van der Waals surface area contributed by atoms with Gasteiger partial charge in [-0.25, -0.2) is 0 Å². The summed E-state index contributed by atoms with van der Waals surface area (Å²) in [4.78, 5) is 52.6. The number of hydrogen-bond donors (Lipinski definition) is 2. The van der Waals surface area contributed by atoms with Crippen LogP contribution in [-0.2, 0) is 11.3 Å². The fourth-order valence-corrected chi connectivity index (χ4v) is 4.58. The van der Waals surface area contributed by atoms with Gasteiger partial charge in [-0.15, -0.1) is 0 Å². The summed E-state index contributed by atoms with van der Waals surface area (Å²) in [6.45, 7) is 1.06. The SMILES string of the molecule is Nc1c2c(=O)c3ccccc3c(=O)c2c(N)c2c(=O)n(CCCOCCOc3ccccc3)c(=O)c12. The maximum Gasteiger partial charge on any atom is 0.263 e. The monoisotopic (exact) mass is 485 g/mol. The summed E-state index contributed by atoms with van der Waals surface area (Å²) in [7, 11) is 0. The molecule has 5 aromatic rings. The zero-order valence-electron chi connectivity index (χ0n) is 19.3. The molecule has 4 N–H and O–H groups in total. The maximum atomic E-state index is 13.2. The van der Waals surface area contributed by atoms with Crippen LogP contribution < -0.4 is 38.2 Å². The van der Waals surface area contributed by atoms with Crippen LogP contribution in [-0.4, -0.2) is 24.4 Å². The lowest BCUT2D eigenvalue weighted by Crippen LogP contribution is -2.26. The van der Waals surface area contributed by atoms with Gasteiger partial charge in [-0.1, -0.05) is 42.5 Å². The first kappa shape index (κ1) is 23.3. The van der Waals surface area contributed by atoms with Crippen molar-refractivity contribution >= 4 is 43.7 Å². The Balaban J connectivity index is 1.43. The predicted octanol–water partition coefficient (Wildman–Crippen LogP) is 1.91. The van der Waals surface area contributed by atoms with E-state index in [1.807, 2.05) is 30.3 Å². The smallest absolute Gasteiger partial charge is 0.263 e. The Bertz CT molecular complexity index is 1710. The number of rotatable bonds is 8. The number of fused-ring (bicyclic) bond motifs is 3. The Kier molecular flexibility index (Phi) is 5.99. The van der Waals surface area contributed by atoms with Crippen LogP contribution in [0.2, 0.25) is 0 Å². The van der Waals surface area contributed by atoms with Gasteiger partial charge in [-0.05, 0) is 18.6 Å². The van der Waals surface area contributed by atoms with E-state index in [1.165, 1.54) is 12.1 Å². The number of nitrogen functional groups attached to an aromatic ring is 2. The fourth-order valence-electron chi connectivity index (χ4n) is 4.58. The van der Waals surface area contributed by atoms with Gasteiger partial charge in [-0.3, -0.25) is 23.7 Å². The summed E-state index contributed by atoms with van der Waals surface area (Å²) in [6, 6.07) is 15.6. The quantitative estimate of drug-likeness (QED) is 0.147. The molecule has 5 rings (SSSR count). The molecule has 0 unspecified atom stereocenters. The highest BCUT2D eigenvalue weighted by molar-refractivity contribution is 6.20. The molecule has 0 fully saturated rings. The van der Waals surface area contributed by atoms with Gasteiger partial charge in [0.1, 0.15) is 12.4 Å². The van der Waals surface area contributed by atoms with Crippen molar-refractivity contribution in [1.82, 2.24) is 4.57 Å². The van der Waals surface area contributed by atoms with Crippen LogP contribution in [0.1, 0.15) is 6.42 Å². The first-order valence-corrected chi connectivity index (χ1v) is 11.5. The molecule has 1 heterocycles. The van der Waals surface area contributed by atoms with Gasteiger partial charge < -0.3 is 20.9 Å². The third-order valence-corrected chi connectivity index (χ3v) is 6.28. The first-order chi connectivity index (χ1) is 17.4. The molecular weight excluding hydrogens is 462 g/mol. The van der Waals surface area contributed by atoms with Crippen LogP contribution in [0.3, 0.4) is 0 Å². The minimum Gasteiger partial charge on any atom is -0.491 e. The van der Waals surface area contributed by atoms with E-state index in [9.17, 15) is 19.2 Å². The van der Waals surface area contributed by atoms with Gasteiger partial charge in [0.25, 0.3) is 11.1 Å². The van der Waals surface area contributed by atoms with Crippen molar-refractivity contribution in [2.75, 3.05) is 31.3 Å². The molecule has 0 bridgehead atoms. The van der Waals surface area contributed by atoms with E-state index >= 15 is 0 Å². The fraction of sp³-hybridized carbons (Fsp3) is 0.185. The summed E-state index contributed by atoms with van der Waals surface area (Å²) < 4.78 is 12.1. The second-order valence-corrected chi connectivity index (χ2v) is 8.42. The number of aromatic nitrogens is 1. The number of nitrogens with two attached hydrogens (primary N) is 2. The highest BCUT2D eigenvalue weighted by atomic mass is 16.5. The van der Waals surface area contributed by atoms with E-state index < -0.39 is 22.0 Å². The number of ether oxygens (including phenoxy) is 2. The van der Waals surface area contributed by atoms with Crippen LogP contribution >= 0.6 is 0 Å². The van der Waals surface area contributed by atoms with Crippen LogP contribution in [0.25, 0.3) is 32.3 Å². The van der Waals surface area contributed by atoms with Crippen LogP contribution in [0.4, 0.5) is 11.4 Å². The molecule has 1 aromatic heterocycles. The molecule has 0 aliphatic heterocycles. The largest absolute Gasteiger partial charge is 0.491 e. The third kappa shape index (κ3) is 3.70. The van der Waals surface area contributed by atoms with Crippen molar-refractivity contribution in [1.29, 1.82) is 0 Å². The number of para-hydroxylation sites is 1. The zero-order valence-corrected chi connectivity index (χ0v) is 19.3. The highest BCUT2D eigenvalue weighted by Gasteiger charge is 2.25. The van der Waals surface area contributed by atoms with Crippen molar-refractivity contribution in [3.05, 3.63) is 95.8 Å². The van der Waals surface area contributed by atoms with Crippen molar-refractivity contribution in [3.63, 3.8) is 0 Å².